The van der Waals surface area contributed by atoms with Gasteiger partial charge in [-0.2, -0.15) is 18.4 Å². The lowest BCUT2D eigenvalue weighted by atomic mass is 9.86. The summed E-state index contributed by atoms with van der Waals surface area (Å²) >= 11 is 0. The number of alkyl halides is 3. The Morgan fingerprint density at radius 1 is 1.00 bits per heavy atom. The van der Waals surface area contributed by atoms with Crippen LogP contribution in [0.1, 0.15) is 37.7 Å². The van der Waals surface area contributed by atoms with E-state index in [9.17, 15) is 31.5 Å². The molecule has 4 nitrogen and oxygen atoms in total. The molecular weight excluding hydrogens is 371 g/mol. The van der Waals surface area contributed by atoms with Crippen LogP contribution in [0, 0.1) is 23.0 Å². The number of halogens is 5. The van der Waals surface area contributed by atoms with Gasteiger partial charge in [0.15, 0.2) is 17.3 Å². The fourth-order valence-corrected chi connectivity index (χ4v) is 2.71. The Morgan fingerprint density at radius 3 is 2.22 bits per heavy atom. The highest BCUT2D eigenvalue weighted by molar-refractivity contribution is 6.24. The monoisotopic (exact) mass is 378 g/mol. The molecule has 0 amide bonds. The van der Waals surface area contributed by atoms with Gasteiger partial charge in [0.2, 0.25) is 0 Å². The average molecular weight is 378 g/mol. The number of carbonyl (C=O) groups is 2. The van der Waals surface area contributed by atoms with Crippen molar-refractivity contribution in [2.75, 3.05) is 0 Å². The van der Waals surface area contributed by atoms with Crippen molar-refractivity contribution in [3.05, 3.63) is 75.6 Å². The molecule has 0 atom stereocenters. The van der Waals surface area contributed by atoms with Crippen molar-refractivity contribution in [1.82, 2.24) is 4.98 Å². The van der Waals surface area contributed by atoms with Crippen LogP contribution in [0.5, 0.6) is 0 Å². The predicted molar refractivity (Wildman–Crippen MR) is 80.8 cm³/mol. The Labute approximate surface area is 148 Å². The fourth-order valence-electron chi connectivity index (χ4n) is 2.71. The third-order valence-electron chi connectivity index (χ3n) is 3.91. The van der Waals surface area contributed by atoms with Gasteiger partial charge in [-0.25, -0.2) is 13.8 Å². The summed E-state index contributed by atoms with van der Waals surface area (Å²) < 4.78 is 66.1. The summed E-state index contributed by atoms with van der Waals surface area (Å²) in [5.74, 6) is -4.06. The number of pyridine rings is 1. The lowest BCUT2D eigenvalue weighted by Gasteiger charge is -2.16. The van der Waals surface area contributed by atoms with E-state index >= 15 is 0 Å². The molecule has 0 fully saturated rings. The number of ketones is 2. The van der Waals surface area contributed by atoms with Gasteiger partial charge in [-0.3, -0.25) is 9.59 Å². The highest BCUT2D eigenvalue weighted by atomic mass is 19.4. The summed E-state index contributed by atoms with van der Waals surface area (Å²) in [5, 5.41) is 8.86. The van der Waals surface area contributed by atoms with Gasteiger partial charge < -0.3 is 0 Å². The van der Waals surface area contributed by atoms with Crippen LogP contribution in [-0.2, 0) is 12.6 Å². The third-order valence-corrected chi connectivity index (χ3v) is 3.91. The summed E-state index contributed by atoms with van der Waals surface area (Å²) in [5.41, 5.74) is -3.94. The molecule has 1 aromatic carbocycles. The number of fused-ring (bicyclic) bond motifs is 1. The standard InChI is InChI=1S/C18H7F5N2O2/c19-11-3-4-12(20)16-15(11)14(26)6-8(17(16)27)5-9-1-2-10(18(21,22)23)13(7-24)25-9/h1-4,6H,5H2. The molecule has 0 spiro atoms. The summed E-state index contributed by atoms with van der Waals surface area (Å²) in [6.45, 7) is 0. The lowest BCUT2D eigenvalue weighted by molar-refractivity contribution is -0.138. The number of nitrogens with zero attached hydrogens (tertiary/aromatic N) is 2. The van der Waals surface area contributed by atoms with Gasteiger partial charge in [0.05, 0.1) is 16.7 Å². The maximum Gasteiger partial charge on any atom is 0.419 e. The molecule has 1 aromatic heterocycles. The van der Waals surface area contributed by atoms with Crippen molar-refractivity contribution in [3.8, 4) is 6.07 Å². The second kappa shape index (κ2) is 6.39. The van der Waals surface area contributed by atoms with Crippen molar-refractivity contribution in [1.29, 1.82) is 5.26 Å². The van der Waals surface area contributed by atoms with E-state index in [1.54, 1.807) is 0 Å². The van der Waals surface area contributed by atoms with Gasteiger partial charge in [-0.15, -0.1) is 0 Å². The maximum atomic E-state index is 13.9. The zero-order valence-electron chi connectivity index (χ0n) is 13.2. The van der Waals surface area contributed by atoms with E-state index in [4.69, 9.17) is 5.26 Å². The lowest BCUT2D eigenvalue weighted by Crippen LogP contribution is -2.22. The molecule has 1 aliphatic carbocycles. The number of Topliss-reactive ketones (excluding diaryl/α,β-unsaturated/α-hetero) is 1. The molecule has 0 saturated carbocycles. The molecular formula is C18H7F5N2O2. The molecule has 0 bridgehead atoms. The molecule has 1 heterocycles. The first-order valence-electron chi connectivity index (χ1n) is 7.38. The van der Waals surface area contributed by atoms with Gasteiger partial charge in [-0.1, -0.05) is 0 Å². The minimum absolute atomic E-state index is 0.104. The molecule has 0 radical (unpaired) electrons. The molecule has 0 aliphatic heterocycles. The van der Waals surface area contributed by atoms with E-state index in [1.165, 1.54) is 6.07 Å². The predicted octanol–water partition coefficient (Wildman–Crippen LogP) is 3.80. The minimum atomic E-state index is -4.79. The Morgan fingerprint density at radius 2 is 1.63 bits per heavy atom. The first-order valence-corrected chi connectivity index (χ1v) is 7.38. The first-order chi connectivity index (χ1) is 12.6. The third kappa shape index (κ3) is 3.21. The second-order valence-electron chi connectivity index (χ2n) is 5.63. The van der Waals surface area contributed by atoms with E-state index in [0.717, 1.165) is 18.2 Å². The smallest absolute Gasteiger partial charge is 0.289 e. The van der Waals surface area contributed by atoms with Gasteiger partial charge in [0.25, 0.3) is 0 Å². The van der Waals surface area contributed by atoms with Gasteiger partial charge in [0.1, 0.15) is 17.7 Å². The molecule has 9 heteroatoms. The normalized spacial score (nSPS) is 13.9. The molecule has 3 rings (SSSR count). The van der Waals surface area contributed by atoms with Crippen LogP contribution in [0.25, 0.3) is 0 Å². The molecule has 27 heavy (non-hydrogen) atoms. The molecule has 2 aromatic rings. The fraction of sp³-hybridized carbons (Fsp3) is 0.111. The van der Waals surface area contributed by atoms with Crippen LogP contribution in [0.4, 0.5) is 22.0 Å². The minimum Gasteiger partial charge on any atom is -0.289 e. The van der Waals surface area contributed by atoms with E-state index in [2.05, 4.69) is 4.98 Å². The molecule has 136 valence electrons. The van der Waals surface area contributed by atoms with Gasteiger partial charge in [0, 0.05) is 17.7 Å². The number of hydrogen-bond donors (Lipinski definition) is 0. The Kier molecular flexibility index (Phi) is 4.35. The number of allylic oxidation sites excluding steroid dienone is 2. The van der Waals surface area contributed by atoms with Crippen LogP contribution >= 0.6 is 0 Å². The maximum absolute atomic E-state index is 13.9. The summed E-state index contributed by atoms with van der Waals surface area (Å²) in [6, 6.07) is 4.31. The number of rotatable bonds is 2. The van der Waals surface area contributed by atoms with Crippen LogP contribution in [-0.4, -0.2) is 16.6 Å². The molecule has 1 aliphatic rings. The topological polar surface area (TPSA) is 70.8 Å². The van der Waals surface area contributed by atoms with Crippen molar-refractivity contribution < 1.29 is 31.5 Å². The number of aromatic nitrogens is 1. The van der Waals surface area contributed by atoms with Gasteiger partial charge in [-0.05, 0) is 30.3 Å². The molecule has 0 saturated heterocycles. The van der Waals surface area contributed by atoms with E-state index in [0.29, 0.717) is 12.1 Å². The number of hydrogen-bond acceptors (Lipinski definition) is 4. The van der Waals surface area contributed by atoms with Crippen LogP contribution in [0.2, 0.25) is 0 Å². The Balaban J connectivity index is 2.01. The van der Waals surface area contributed by atoms with Crippen LogP contribution in [0.3, 0.4) is 0 Å². The van der Waals surface area contributed by atoms with Crippen molar-refractivity contribution >= 4 is 11.6 Å². The van der Waals surface area contributed by atoms with Crippen molar-refractivity contribution in [3.63, 3.8) is 0 Å². The van der Waals surface area contributed by atoms with Gasteiger partial charge >= 0.3 is 6.18 Å². The van der Waals surface area contributed by atoms with E-state index in [1.807, 2.05) is 0 Å². The van der Waals surface area contributed by atoms with E-state index in [-0.39, 0.29) is 11.3 Å². The SMILES string of the molecule is N#Cc1nc(CC2=CC(=O)c3c(F)ccc(F)c3C2=O)ccc1C(F)(F)F. The van der Waals surface area contributed by atoms with Crippen molar-refractivity contribution in [2.24, 2.45) is 0 Å². The summed E-state index contributed by atoms with van der Waals surface area (Å²) in [6.07, 6.45) is -4.42. The molecule has 0 unspecified atom stereocenters. The average Bonchev–Trinajstić information content (AvgIpc) is 2.60. The van der Waals surface area contributed by atoms with Crippen LogP contribution < -0.4 is 0 Å². The highest BCUT2D eigenvalue weighted by Gasteiger charge is 2.35. The largest absolute Gasteiger partial charge is 0.419 e. The quantitative estimate of drug-likeness (QED) is 0.746. The first kappa shape index (κ1) is 18.4. The highest BCUT2D eigenvalue weighted by Crippen LogP contribution is 2.32. The Bertz CT molecular complexity index is 1060. The summed E-state index contributed by atoms with van der Waals surface area (Å²) in [7, 11) is 0. The summed E-state index contributed by atoms with van der Waals surface area (Å²) in [4.78, 5) is 28.0. The number of nitriles is 1. The number of carbonyl (C=O) groups excluding carboxylic acids is 2. The molecule has 0 N–H and O–H groups in total. The second-order valence-corrected chi connectivity index (χ2v) is 5.63. The number of benzene rings is 1. The zero-order chi connectivity index (χ0) is 19.9. The van der Waals surface area contributed by atoms with E-state index < -0.39 is 58.2 Å². The van der Waals surface area contributed by atoms with Crippen molar-refractivity contribution in [2.45, 2.75) is 12.6 Å². The zero-order valence-corrected chi connectivity index (χ0v) is 13.2. The Hall–Kier alpha value is -3.41. The van der Waals surface area contributed by atoms with Crippen LogP contribution in [0.15, 0.2) is 35.9 Å².